The van der Waals surface area contributed by atoms with Crippen LogP contribution in [0.5, 0.6) is 0 Å². The number of aryl methyl sites for hydroxylation is 1. The third kappa shape index (κ3) is 3.59. The first-order valence-electron chi connectivity index (χ1n) is 7.60. The van der Waals surface area contributed by atoms with Crippen LogP contribution in [0.25, 0.3) is 0 Å². The molecule has 0 bridgehead atoms. The van der Waals surface area contributed by atoms with E-state index in [-0.39, 0.29) is 5.91 Å². The minimum absolute atomic E-state index is 0.258. The van der Waals surface area contributed by atoms with Crippen molar-refractivity contribution < 1.29 is 14.3 Å². The fourth-order valence-corrected chi connectivity index (χ4v) is 3.18. The van der Waals surface area contributed by atoms with Gasteiger partial charge in [0.1, 0.15) is 0 Å². The number of methoxy groups -OCH3 is 1. The van der Waals surface area contributed by atoms with Crippen LogP contribution in [0.4, 0.5) is 10.8 Å². The van der Waals surface area contributed by atoms with Crippen molar-refractivity contribution in [2.75, 3.05) is 12.0 Å². The fraction of sp³-hybridized carbons (Fsp3) is 0.105. The summed E-state index contributed by atoms with van der Waals surface area (Å²) < 4.78 is 4.73. The van der Waals surface area contributed by atoms with Crippen molar-refractivity contribution in [3.63, 3.8) is 0 Å². The van der Waals surface area contributed by atoms with Gasteiger partial charge in [-0.3, -0.25) is 9.69 Å². The zero-order valence-electron chi connectivity index (χ0n) is 13.8. The Labute approximate surface area is 149 Å². The van der Waals surface area contributed by atoms with Gasteiger partial charge in [-0.25, -0.2) is 9.78 Å². The number of ether oxygens (including phenoxy) is 1. The molecule has 0 N–H and O–H groups in total. The van der Waals surface area contributed by atoms with Crippen LogP contribution in [-0.2, 0) is 4.74 Å². The molecule has 0 saturated heterocycles. The molecule has 0 radical (unpaired) electrons. The molecule has 0 fully saturated rings. The Morgan fingerprint density at radius 1 is 1.04 bits per heavy atom. The lowest BCUT2D eigenvalue weighted by Gasteiger charge is -2.20. The summed E-state index contributed by atoms with van der Waals surface area (Å²) in [5, 5.41) is 2.47. The molecule has 0 aliphatic carbocycles. The highest BCUT2D eigenvalue weighted by molar-refractivity contribution is 7.14. The number of hydrogen-bond donors (Lipinski definition) is 0. The lowest BCUT2D eigenvalue weighted by Crippen LogP contribution is -2.26. The van der Waals surface area contributed by atoms with E-state index in [9.17, 15) is 9.59 Å². The molecule has 0 aliphatic rings. The Bertz CT molecular complexity index is 906. The molecule has 126 valence electrons. The fourth-order valence-electron chi connectivity index (χ4n) is 2.36. The van der Waals surface area contributed by atoms with Gasteiger partial charge < -0.3 is 4.74 Å². The summed E-state index contributed by atoms with van der Waals surface area (Å²) in [6, 6.07) is 15.8. The van der Waals surface area contributed by atoms with Gasteiger partial charge in [0.2, 0.25) is 0 Å². The smallest absolute Gasteiger partial charge is 0.337 e. The molecule has 1 amide bonds. The van der Waals surface area contributed by atoms with Gasteiger partial charge in [-0.2, -0.15) is 0 Å². The summed E-state index contributed by atoms with van der Waals surface area (Å²) in [7, 11) is 1.31. The molecule has 2 aromatic carbocycles. The standard InChI is InChI=1S/C19H16N2O3S/c1-13-12-25-19(20-13)21(16-9-4-3-5-10-16)17(22)14-7-6-8-15(11-14)18(23)24-2/h3-12H,1-2H3. The number of benzene rings is 2. The second-order valence-electron chi connectivity index (χ2n) is 5.32. The third-order valence-corrected chi connectivity index (χ3v) is 4.49. The number of amides is 1. The zero-order valence-corrected chi connectivity index (χ0v) is 14.6. The molecular weight excluding hydrogens is 336 g/mol. The first kappa shape index (κ1) is 16.9. The zero-order chi connectivity index (χ0) is 17.8. The quantitative estimate of drug-likeness (QED) is 0.660. The number of carbonyl (C=O) groups excluding carboxylic acids is 2. The lowest BCUT2D eigenvalue weighted by molar-refractivity contribution is 0.0600. The van der Waals surface area contributed by atoms with Gasteiger partial charge in [0.05, 0.1) is 24.1 Å². The molecule has 5 nitrogen and oxygen atoms in total. The van der Waals surface area contributed by atoms with Crippen molar-refractivity contribution in [3.05, 3.63) is 76.8 Å². The van der Waals surface area contributed by atoms with Crippen molar-refractivity contribution in [2.24, 2.45) is 0 Å². The molecule has 3 aromatic rings. The number of para-hydroxylation sites is 1. The molecule has 0 unspecified atom stereocenters. The van der Waals surface area contributed by atoms with E-state index in [1.807, 2.05) is 42.6 Å². The summed E-state index contributed by atoms with van der Waals surface area (Å²) in [6.45, 7) is 1.88. The minimum Gasteiger partial charge on any atom is -0.465 e. The van der Waals surface area contributed by atoms with E-state index in [2.05, 4.69) is 4.98 Å². The van der Waals surface area contributed by atoms with Crippen LogP contribution in [0.1, 0.15) is 26.4 Å². The van der Waals surface area contributed by atoms with Crippen LogP contribution in [-0.4, -0.2) is 24.0 Å². The van der Waals surface area contributed by atoms with Crippen LogP contribution in [0.2, 0.25) is 0 Å². The summed E-state index contributed by atoms with van der Waals surface area (Å²) >= 11 is 1.39. The van der Waals surface area contributed by atoms with Crippen LogP contribution in [0.15, 0.2) is 60.0 Å². The normalized spacial score (nSPS) is 10.3. The highest BCUT2D eigenvalue weighted by atomic mass is 32.1. The molecule has 1 aromatic heterocycles. The average Bonchev–Trinajstić information content (AvgIpc) is 3.08. The number of aromatic nitrogens is 1. The van der Waals surface area contributed by atoms with Gasteiger partial charge in [0, 0.05) is 10.9 Å². The molecule has 0 saturated carbocycles. The molecular formula is C19H16N2O3S. The predicted molar refractivity (Wildman–Crippen MR) is 97.5 cm³/mol. The van der Waals surface area contributed by atoms with Crippen molar-refractivity contribution >= 4 is 34.0 Å². The second-order valence-corrected chi connectivity index (χ2v) is 6.16. The Morgan fingerprint density at radius 3 is 2.40 bits per heavy atom. The maximum atomic E-state index is 13.2. The van der Waals surface area contributed by atoms with Crippen molar-refractivity contribution in [1.82, 2.24) is 4.98 Å². The molecule has 6 heteroatoms. The maximum absolute atomic E-state index is 13.2. The van der Waals surface area contributed by atoms with Crippen LogP contribution in [0, 0.1) is 6.92 Å². The van der Waals surface area contributed by atoms with E-state index in [0.29, 0.717) is 21.9 Å². The van der Waals surface area contributed by atoms with E-state index >= 15 is 0 Å². The van der Waals surface area contributed by atoms with Crippen molar-refractivity contribution in [1.29, 1.82) is 0 Å². The molecule has 0 aliphatic heterocycles. The first-order valence-corrected chi connectivity index (χ1v) is 8.48. The summed E-state index contributed by atoms with van der Waals surface area (Å²) in [6.07, 6.45) is 0. The number of esters is 1. The van der Waals surface area contributed by atoms with E-state index in [1.165, 1.54) is 24.5 Å². The second kappa shape index (κ2) is 7.27. The van der Waals surface area contributed by atoms with Crippen LogP contribution in [0.3, 0.4) is 0 Å². The maximum Gasteiger partial charge on any atom is 0.337 e. The van der Waals surface area contributed by atoms with E-state index in [4.69, 9.17) is 4.74 Å². The Hall–Kier alpha value is -2.99. The van der Waals surface area contributed by atoms with Gasteiger partial charge in [-0.05, 0) is 37.3 Å². The SMILES string of the molecule is COC(=O)c1cccc(C(=O)N(c2ccccc2)c2nc(C)cs2)c1. The Morgan fingerprint density at radius 2 is 1.76 bits per heavy atom. The largest absolute Gasteiger partial charge is 0.465 e. The van der Waals surface area contributed by atoms with Gasteiger partial charge in [0.25, 0.3) is 5.91 Å². The molecule has 0 atom stereocenters. The Balaban J connectivity index is 2.05. The molecule has 1 heterocycles. The van der Waals surface area contributed by atoms with Gasteiger partial charge in [0.15, 0.2) is 5.13 Å². The molecule has 3 rings (SSSR count). The number of rotatable bonds is 4. The number of hydrogen-bond acceptors (Lipinski definition) is 5. The summed E-state index contributed by atoms with van der Waals surface area (Å²) in [5.74, 6) is -0.739. The van der Waals surface area contributed by atoms with Crippen LogP contribution >= 0.6 is 11.3 Å². The number of nitrogens with zero attached hydrogens (tertiary/aromatic N) is 2. The molecule has 25 heavy (non-hydrogen) atoms. The third-order valence-electron chi connectivity index (χ3n) is 3.55. The van der Waals surface area contributed by atoms with Gasteiger partial charge >= 0.3 is 5.97 Å². The molecule has 0 spiro atoms. The number of anilines is 2. The Kier molecular flexibility index (Phi) is 4.90. The van der Waals surface area contributed by atoms with Gasteiger partial charge in [-0.1, -0.05) is 24.3 Å². The van der Waals surface area contributed by atoms with Crippen molar-refractivity contribution in [2.45, 2.75) is 6.92 Å². The number of thiazole rings is 1. The summed E-state index contributed by atoms with van der Waals surface area (Å²) in [4.78, 5) is 30.9. The van der Waals surface area contributed by atoms with E-state index < -0.39 is 5.97 Å². The summed E-state index contributed by atoms with van der Waals surface area (Å²) in [5.41, 5.74) is 2.28. The first-order chi connectivity index (χ1) is 12.1. The minimum atomic E-state index is -0.481. The van der Waals surface area contributed by atoms with E-state index in [1.54, 1.807) is 23.1 Å². The number of carbonyl (C=O) groups is 2. The highest BCUT2D eigenvalue weighted by Crippen LogP contribution is 2.30. The van der Waals surface area contributed by atoms with E-state index in [0.717, 1.165) is 5.69 Å². The topological polar surface area (TPSA) is 59.5 Å². The highest BCUT2D eigenvalue weighted by Gasteiger charge is 2.23. The average molecular weight is 352 g/mol. The van der Waals surface area contributed by atoms with Gasteiger partial charge in [-0.15, -0.1) is 11.3 Å². The lowest BCUT2D eigenvalue weighted by atomic mass is 10.1. The predicted octanol–water partition coefficient (Wildman–Crippen LogP) is 4.22. The monoisotopic (exact) mass is 352 g/mol. The van der Waals surface area contributed by atoms with Crippen LogP contribution < -0.4 is 4.90 Å². The van der Waals surface area contributed by atoms with Crippen molar-refractivity contribution in [3.8, 4) is 0 Å².